The first-order valence-electron chi connectivity index (χ1n) is 11.3. The number of amidine groups is 1. The molecule has 200 valence electrons. The Hall–Kier alpha value is -4.29. The van der Waals surface area contributed by atoms with Crippen LogP contribution in [0.2, 0.25) is 5.02 Å². The van der Waals surface area contributed by atoms with Crippen LogP contribution in [0.3, 0.4) is 0 Å². The van der Waals surface area contributed by atoms with Crippen molar-refractivity contribution in [3.8, 4) is 5.75 Å². The minimum atomic E-state index is -1.23. The summed E-state index contributed by atoms with van der Waals surface area (Å²) in [6.07, 6.45) is 1.13. The molecule has 1 atom stereocenters. The largest absolute Gasteiger partial charge is 0.529 e. The highest BCUT2D eigenvalue weighted by atomic mass is 35.5. The lowest BCUT2D eigenvalue weighted by atomic mass is 10.2. The van der Waals surface area contributed by atoms with Crippen molar-refractivity contribution in [3.05, 3.63) is 75.6 Å². The molecule has 1 aliphatic rings. The Labute approximate surface area is 223 Å². The molecule has 38 heavy (non-hydrogen) atoms. The Morgan fingerprint density at radius 3 is 2.39 bits per heavy atom. The number of carbonyl (C=O) groups excluding carboxylic acids is 2. The molecule has 0 spiro atoms. The summed E-state index contributed by atoms with van der Waals surface area (Å²) in [5.41, 5.74) is -0.891. The van der Waals surface area contributed by atoms with E-state index >= 15 is 0 Å². The summed E-state index contributed by atoms with van der Waals surface area (Å²) in [7, 11) is 1.55. The van der Waals surface area contributed by atoms with Crippen molar-refractivity contribution in [2.24, 2.45) is 4.99 Å². The van der Waals surface area contributed by atoms with Gasteiger partial charge in [0.25, 0.3) is 5.69 Å². The van der Waals surface area contributed by atoms with Crippen LogP contribution in [0.1, 0.15) is 37.6 Å². The lowest BCUT2D eigenvalue weighted by Crippen LogP contribution is -2.52. The number of carboxylic acid groups (broad SMARTS) is 1. The molecule has 1 unspecified atom stereocenters. The molecule has 0 bridgehead atoms. The van der Waals surface area contributed by atoms with Gasteiger partial charge in [0.2, 0.25) is 5.84 Å². The molecule has 0 fully saturated rings. The van der Waals surface area contributed by atoms with Crippen LogP contribution >= 0.6 is 11.6 Å². The van der Waals surface area contributed by atoms with Crippen LogP contribution in [0.15, 0.2) is 59.9 Å². The van der Waals surface area contributed by atoms with Gasteiger partial charge in [0.05, 0.1) is 23.1 Å². The van der Waals surface area contributed by atoms with E-state index in [0.29, 0.717) is 5.69 Å². The normalized spacial score (nSPS) is 16.5. The predicted molar refractivity (Wildman–Crippen MR) is 139 cm³/mol. The van der Waals surface area contributed by atoms with Crippen molar-refractivity contribution in [3.63, 3.8) is 0 Å². The summed E-state index contributed by atoms with van der Waals surface area (Å²) < 4.78 is 9.88. The highest BCUT2D eigenvalue weighted by molar-refractivity contribution is 6.32. The minimum Gasteiger partial charge on any atom is -0.444 e. The molecular formula is C25H26ClN4O8+. The number of nitrogens with zero attached hydrogens (tertiary/aromatic N) is 4. The zero-order valence-corrected chi connectivity index (χ0v) is 21.8. The summed E-state index contributed by atoms with van der Waals surface area (Å²) in [5.74, 6) is -0.509. The first-order chi connectivity index (χ1) is 17.7. The number of benzene rings is 2. The number of esters is 1. The molecule has 2 aromatic rings. The number of hydrogen-bond acceptors (Lipinski definition) is 8. The molecule has 3 rings (SSSR count). The third-order valence-corrected chi connectivity index (χ3v) is 5.75. The Kier molecular flexibility index (Phi) is 8.18. The third-order valence-electron chi connectivity index (χ3n) is 5.43. The molecule has 1 aliphatic heterocycles. The van der Waals surface area contributed by atoms with Crippen LogP contribution in [0.5, 0.6) is 5.75 Å². The number of carbonyl (C=O) groups is 3. The van der Waals surface area contributed by atoms with Gasteiger partial charge >= 0.3 is 18.2 Å². The van der Waals surface area contributed by atoms with Crippen LogP contribution in [0, 0.1) is 10.1 Å². The Morgan fingerprint density at radius 1 is 1.16 bits per heavy atom. The van der Waals surface area contributed by atoms with Crippen LogP contribution < -0.4 is 9.22 Å². The van der Waals surface area contributed by atoms with Crippen LogP contribution in [-0.2, 0) is 4.74 Å². The van der Waals surface area contributed by atoms with E-state index in [2.05, 4.69) is 4.99 Å². The maximum atomic E-state index is 12.5. The number of halogens is 1. The SMILES string of the molecule is CN(CCC1=NC=C[N+]1(C(=O)O)c1ccc(OC(=O)c2ccc(Cl)c([N+](=O)[O-])c2)cc1)C(=O)OC(C)(C)C. The average molecular weight is 546 g/mol. The molecule has 0 aromatic heterocycles. The quantitative estimate of drug-likeness (QED) is 0.155. The van der Waals surface area contributed by atoms with E-state index in [0.717, 1.165) is 6.07 Å². The fourth-order valence-electron chi connectivity index (χ4n) is 3.55. The van der Waals surface area contributed by atoms with Crippen LogP contribution in [-0.4, -0.2) is 58.1 Å². The summed E-state index contributed by atoms with van der Waals surface area (Å²) in [6, 6.07) is 9.25. The maximum Gasteiger partial charge on any atom is 0.529 e. The van der Waals surface area contributed by atoms with Gasteiger partial charge in [0.1, 0.15) is 22.6 Å². The molecule has 0 aliphatic carbocycles. The minimum absolute atomic E-state index is 0.0785. The molecule has 0 saturated heterocycles. The number of ether oxygens (including phenoxy) is 2. The average Bonchev–Trinajstić information content (AvgIpc) is 3.27. The molecule has 12 nitrogen and oxygen atoms in total. The van der Waals surface area contributed by atoms with Crippen molar-refractivity contribution < 1.29 is 33.9 Å². The van der Waals surface area contributed by atoms with E-state index in [1.54, 1.807) is 27.8 Å². The predicted octanol–water partition coefficient (Wildman–Crippen LogP) is 5.59. The van der Waals surface area contributed by atoms with Crippen molar-refractivity contribution >= 4 is 47.0 Å². The number of rotatable bonds is 7. The standard InChI is InChI=1S/C25H25ClN4O8/c1-25(2,3)38-23(32)28(4)13-11-21-27-12-14-30(21,24(33)34)17-6-8-18(9-7-17)37-22(31)16-5-10-19(26)20(15-16)29(35)36/h5-10,12,14-15H,11,13H2,1-4H3/p+1. The fraction of sp³-hybridized carbons (Fsp3) is 0.280. The smallest absolute Gasteiger partial charge is 0.444 e. The van der Waals surface area contributed by atoms with Gasteiger partial charge in [-0.1, -0.05) is 11.6 Å². The van der Waals surface area contributed by atoms with Crippen LogP contribution in [0.4, 0.5) is 21.0 Å². The summed E-state index contributed by atoms with van der Waals surface area (Å²) in [4.78, 5) is 53.2. The van der Waals surface area contributed by atoms with E-state index in [9.17, 15) is 29.6 Å². The molecule has 13 heteroatoms. The second kappa shape index (κ2) is 11.0. The van der Waals surface area contributed by atoms with Gasteiger partial charge in [-0.15, -0.1) is 4.48 Å². The second-order valence-electron chi connectivity index (χ2n) is 9.31. The number of aliphatic imine (C=N–C) groups is 1. The van der Waals surface area contributed by atoms with Crippen molar-refractivity contribution in [2.45, 2.75) is 32.8 Å². The highest BCUT2D eigenvalue weighted by Crippen LogP contribution is 2.32. The van der Waals surface area contributed by atoms with E-state index in [-0.39, 0.29) is 35.1 Å². The number of amides is 2. The number of nitro groups is 1. The van der Waals surface area contributed by atoms with E-state index in [1.165, 1.54) is 53.7 Å². The molecule has 1 heterocycles. The summed E-state index contributed by atoms with van der Waals surface area (Å²) >= 11 is 5.78. The molecule has 0 saturated carbocycles. The topological polar surface area (TPSA) is 149 Å². The zero-order chi connectivity index (χ0) is 28.3. The molecule has 0 radical (unpaired) electrons. The zero-order valence-electron chi connectivity index (χ0n) is 21.1. The monoisotopic (exact) mass is 545 g/mol. The van der Waals surface area contributed by atoms with Gasteiger partial charge in [0.15, 0.2) is 5.69 Å². The molecular weight excluding hydrogens is 520 g/mol. The van der Waals surface area contributed by atoms with Crippen molar-refractivity contribution in [1.82, 2.24) is 9.38 Å². The van der Waals surface area contributed by atoms with Gasteiger partial charge in [-0.3, -0.25) is 10.1 Å². The lowest BCUT2D eigenvalue weighted by molar-refractivity contribution is -0.384. The lowest BCUT2D eigenvalue weighted by Gasteiger charge is -2.28. The highest BCUT2D eigenvalue weighted by Gasteiger charge is 2.46. The maximum absolute atomic E-state index is 12.5. The van der Waals surface area contributed by atoms with Crippen molar-refractivity contribution in [1.29, 1.82) is 0 Å². The summed E-state index contributed by atoms with van der Waals surface area (Å²) in [6.45, 7) is 5.40. The van der Waals surface area contributed by atoms with E-state index in [1.807, 2.05) is 0 Å². The molecule has 1 N–H and O–H groups in total. The fourth-order valence-corrected chi connectivity index (χ4v) is 3.74. The molecule has 2 aromatic carbocycles. The van der Waals surface area contributed by atoms with Gasteiger partial charge in [-0.05, 0) is 45.0 Å². The number of nitro benzene ring substituents is 1. The van der Waals surface area contributed by atoms with E-state index in [4.69, 9.17) is 21.1 Å². The summed E-state index contributed by atoms with van der Waals surface area (Å²) in [5, 5.41) is 21.1. The van der Waals surface area contributed by atoms with Crippen molar-refractivity contribution in [2.75, 3.05) is 13.6 Å². The van der Waals surface area contributed by atoms with Gasteiger partial charge < -0.3 is 19.5 Å². The van der Waals surface area contributed by atoms with Gasteiger partial charge in [0, 0.05) is 31.8 Å². The van der Waals surface area contributed by atoms with Crippen LogP contribution in [0.25, 0.3) is 0 Å². The number of quaternary nitrogens is 1. The Bertz CT molecular complexity index is 1330. The Balaban J connectivity index is 1.76. The first kappa shape index (κ1) is 28.3. The Morgan fingerprint density at radius 2 is 1.82 bits per heavy atom. The first-order valence-corrected chi connectivity index (χ1v) is 11.7. The third kappa shape index (κ3) is 6.15. The second-order valence-corrected chi connectivity index (χ2v) is 9.71. The number of hydrogen-bond donors (Lipinski definition) is 1. The van der Waals surface area contributed by atoms with E-state index < -0.39 is 38.9 Å². The molecule has 2 amide bonds. The van der Waals surface area contributed by atoms with Gasteiger partial charge in [-0.2, -0.15) is 4.79 Å². The van der Waals surface area contributed by atoms with Gasteiger partial charge in [-0.25, -0.2) is 14.6 Å².